The van der Waals surface area contributed by atoms with E-state index < -0.39 is 10.8 Å². The second kappa shape index (κ2) is 5.21. The van der Waals surface area contributed by atoms with Crippen molar-refractivity contribution >= 4 is 16.5 Å². The smallest absolute Gasteiger partial charge is 0.0564 e. The maximum Gasteiger partial charge on any atom is 0.0564 e. The second-order valence-electron chi connectivity index (χ2n) is 5.16. The molecule has 0 radical (unpaired) electrons. The van der Waals surface area contributed by atoms with Crippen molar-refractivity contribution in [2.75, 3.05) is 5.73 Å². The number of hydrogen-bond acceptors (Lipinski definition) is 2. The monoisotopic (exact) mass is 251 g/mol. The third-order valence-electron chi connectivity index (χ3n) is 3.73. The Kier molecular flexibility index (Phi) is 3.87. The molecule has 0 amide bonds. The molecule has 0 saturated heterocycles. The summed E-state index contributed by atoms with van der Waals surface area (Å²) in [6.07, 6.45) is 4.66. The Labute approximate surface area is 106 Å². The Balaban J connectivity index is 2.22. The van der Waals surface area contributed by atoms with E-state index in [9.17, 15) is 4.21 Å². The molecule has 1 aromatic carbocycles. The average molecular weight is 251 g/mol. The molecule has 0 heterocycles. The lowest BCUT2D eigenvalue weighted by molar-refractivity contribution is 0.389. The van der Waals surface area contributed by atoms with E-state index in [0.717, 1.165) is 29.0 Å². The van der Waals surface area contributed by atoms with Crippen molar-refractivity contribution in [3.63, 3.8) is 0 Å². The molecule has 1 aliphatic carbocycles. The summed E-state index contributed by atoms with van der Waals surface area (Å²) in [7, 11) is -0.892. The van der Waals surface area contributed by atoms with Gasteiger partial charge in [0.05, 0.1) is 10.8 Å². The van der Waals surface area contributed by atoms with Gasteiger partial charge in [-0.3, -0.25) is 4.21 Å². The van der Waals surface area contributed by atoms with Crippen LogP contribution in [0.1, 0.15) is 38.2 Å². The minimum Gasteiger partial charge on any atom is -0.398 e. The molecule has 1 aromatic rings. The van der Waals surface area contributed by atoms with Crippen molar-refractivity contribution < 1.29 is 4.21 Å². The fraction of sp³-hybridized carbons (Fsp3) is 0.571. The van der Waals surface area contributed by atoms with Crippen LogP contribution in [0.3, 0.4) is 0 Å². The average Bonchev–Trinajstić information content (AvgIpc) is 2.32. The lowest BCUT2D eigenvalue weighted by Gasteiger charge is -2.26. The van der Waals surface area contributed by atoms with Gasteiger partial charge < -0.3 is 5.73 Å². The summed E-state index contributed by atoms with van der Waals surface area (Å²) in [5, 5.41) is 0.319. The first-order chi connectivity index (χ1) is 8.09. The van der Waals surface area contributed by atoms with Gasteiger partial charge in [0, 0.05) is 15.8 Å². The Morgan fingerprint density at radius 1 is 1.35 bits per heavy atom. The van der Waals surface area contributed by atoms with Crippen molar-refractivity contribution in [2.45, 2.75) is 49.7 Å². The molecule has 1 aliphatic rings. The molecule has 3 atom stereocenters. The third kappa shape index (κ3) is 2.71. The molecule has 1 saturated carbocycles. The fourth-order valence-electron chi connectivity index (χ4n) is 2.60. The van der Waals surface area contributed by atoms with Crippen LogP contribution in [0.15, 0.2) is 23.1 Å². The molecule has 17 heavy (non-hydrogen) atoms. The van der Waals surface area contributed by atoms with E-state index in [0.29, 0.717) is 11.2 Å². The molecule has 0 aliphatic heterocycles. The van der Waals surface area contributed by atoms with Gasteiger partial charge in [-0.25, -0.2) is 0 Å². The number of hydrogen-bond donors (Lipinski definition) is 1. The molecular formula is C14H21NOS. The molecule has 0 bridgehead atoms. The number of anilines is 1. The normalized spacial score (nSPS) is 26.7. The highest BCUT2D eigenvalue weighted by molar-refractivity contribution is 7.85. The number of nitrogens with two attached hydrogens (primary N) is 1. The van der Waals surface area contributed by atoms with Gasteiger partial charge in [0.15, 0.2) is 0 Å². The summed E-state index contributed by atoms with van der Waals surface area (Å²) in [6, 6.07) is 5.74. The molecule has 2 rings (SSSR count). The predicted molar refractivity (Wildman–Crippen MR) is 73.4 cm³/mol. The highest BCUT2D eigenvalue weighted by Gasteiger charge is 2.25. The van der Waals surface area contributed by atoms with Crippen molar-refractivity contribution in [1.82, 2.24) is 0 Å². The highest BCUT2D eigenvalue weighted by atomic mass is 32.2. The van der Waals surface area contributed by atoms with Gasteiger partial charge in [0.25, 0.3) is 0 Å². The van der Waals surface area contributed by atoms with Crippen LogP contribution in [0, 0.1) is 12.8 Å². The Hall–Kier alpha value is -0.830. The first-order valence-electron chi connectivity index (χ1n) is 6.35. The molecular weight excluding hydrogens is 230 g/mol. The summed E-state index contributed by atoms with van der Waals surface area (Å²) in [4.78, 5) is 0.934. The van der Waals surface area contributed by atoms with Gasteiger partial charge in [-0.05, 0) is 43.4 Å². The van der Waals surface area contributed by atoms with Crippen LogP contribution in [0.4, 0.5) is 5.69 Å². The van der Waals surface area contributed by atoms with Crippen LogP contribution >= 0.6 is 0 Å². The number of rotatable bonds is 2. The molecule has 0 aromatic heterocycles. The van der Waals surface area contributed by atoms with Gasteiger partial charge in [0.1, 0.15) is 0 Å². The maximum atomic E-state index is 12.6. The van der Waals surface area contributed by atoms with E-state index in [2.05, 4.69) is 6.92 Å². The first kappa shape index (κ1) is 12.6. The summed E-state index contributed by atoms with van der Waals surface area (Å²) in [6.45, 7) is 4.23. The van der Waals surface area contributed by atoms with E-state index in [4.69, 9.17) is 5.73 Å². The molecule has 0 spiro atoms. The van der Waals surface area contributed by atoms with E-state index in [1.807, 2.05) is 25.1 Å². The highest BCUT2D eigenvalue weighted by Crippen LogP contribution is 2.31. The summed E-state index contributed by atoms with van der Waals surface area (Å²) >= 11 is 0. The summed E-state index contributed by atoms with van der Waals surface area (Å²) in [5.41, 5.74) is 7.62. The maximum absolute atomic E-state index is 12.6. The van der Waals surface area contributed by atoms with Gasteiger partial charge in [-0.1, -0.05) is 25.8 Å². The second-order valence-corrected chi connectivity index (χ2v) is 6.86. The van der Waals surface area contributed by atoms with E-state index >= 15 is 0 Å². The molecule has 94 valence electrons. The van der Waals surface area contributed by atoms with Crippen LogP contribution < -0.4 is 5.73 Å². The zero-order valence-corrected chi connectivity index (χ0v) is 11.4. The standard InChI is InChI=1S/C14H21NOS/c1-10-5-3-6-12(9-10)17(16)14-8-4-7-13(15)11(14)2/h4,7-8,10,12H,3,5-6,9,15H2,1-2H3. The molecule has 3 heteroatoms. The zero-order valence-electron chi connectivity index (χ0n) is 10.6. The topological polar surface area (TPSA) is 43.1 Å². The molecule has 3 unspecified atom stereocenters. The van der Waals surface area contributed by atoms with Crippen LogP contribution in [-0.2, 0) is 10.8 Å². The van der Waals surface area contributed by atoms with Crippen molar-refractivity contribution in [3.05, 3.63) is 23.8 Å². The fourth-order valence-corrected chi connectivity index (χ4v) is 4.48. The van der Waals surface area contributed by atoms with Crippen LogP contribution in [-0.4, -0.2) is 9.46 Å². The SMILES string of the molecule is Cc1c(N)cccc1S(=O)C1CCCC(C)C1. The van der Waals surface area contributed by atoms with E-state index in [-0.39, 0.29) is 0 Å². The number of benzene rings is 1. The number of nitrogen functional groups attached to an aromatic ring is 1. The van der Waals surface area contributed by atoms with E-state index in [1.165, 1.54) is 12.8 Å². The lowest BCUT2D eigenvalue weighted by Crippen LogP contribution is -2.23. The van der Waals surface area contributed by atoms with Gasteiger partial charge in [-0.2, -0.15) is 0 Å². The van der Waals surface area contributed by atoms with Crippen molar-refractivity contribution in [3.8, 4) is 0 Å². The summed E-state index contributed by atoms with van der Waals surface area (Å²) in [5.74, 6) is 0.707. The minimum absolute atomic E-state index is 0.319. The third-order valence-corrected chi connectivity index (χ3v) is 5.64. The Morgan fingerprint density at radius 2 is 2.12 bits per heavy atom. The van der Waals surface area contributed by atoms with Gasteiger partial charge in [0.2, 0.25) is 0 Å². The van der Waals surface area contributed by atoms with Crippen molar-refractivity contribution in [2.24, 2.45) is 5.92 Å². The molecule has 1 fully saturated rings. The lowest BCUT2D eigenvalue weighted by atomic mass is 9.91. The molecule has 2 N–H and O–H groups in total. The zero-order chi connectivity index (χ0) is 12.4. The van der Waals surface area contributed by atoms with Crippen LogP contribution in [0.25, 0.3) is 0 Å². The largest absolute Gasteiger partial charge is 0.398 e. The van der Waals surface area contributed by atoms with Crippen LogP contribution in [0.2, 0.25) is 0 Å². The Morgan fingerprint density at radius 3 is 2.82 bits per heavy atom. The van der Waals surface area contributed by atoms with Crippen LogP contribution in [0.5, 0.6) is 0 Å². The predicted octanol–water partition coefficient (Wildman–Crippen LogP) is 3.26. The van der Waals surface area contributed by atoms with Gasteiger partial charge >= 0.3 is 0 Å². The van der Waals surface area contributed by atoms with Crippen molar-refractivity contribution in [1.29, 1.82) is 0 Å². The minimum atomic E-state index is -0.892. The van der Waals surface area contributed by atoms with E-state index in [1.54, 1.807) is 0 Å². The Bertz CT molecular complexity index is 430. The molecule has 2 nitrogen and oxygen atoms in total. The van der Waals surface area contributed by atoms with Gasteiger partial charge in [-0.15, -0.1) is 0 Å². The quantitative estimate of drug-likeness (QED) is 0.820. The summed E-state index contributed by atoms with van der Waals surface area (Å²) < 4.78 is 12.6. The first-order valence-corrected chi connectivity index (χ1v) is 7.56.